The fraction of sp³-hybridized carbons (Fsp3) is 0.200. The quantitative estimate of drug-likeness (QED) is 0.658. The van der Waals surface area contributed by atoms with Crippen molar-refractivity contribution in [1.29, 1.82) is 0 Å². The van der Waals surface area contributed by atoms with E-state index in [-0.39, 0.29) is 11.3 Å². The third-order valence-corrected chi connectivity index (χ3v) is 1.84. The highest BCUT2D eigenvalue weighted by atomic mass is 32.1. The van der Waals surface area contributed by atoms with Crippen LogP contribution in [0.1, 0.15) is 15.5 Å². The van der Waals surface area contributed by atoms with Crippen LogP contribution in [0, 0.1) is 0 Å². The molecule has 0 bridgehead atoms. The van der Waals surface area contributed by atoms with Crippen molar-refractivity contribution in [2.24, 2.45) is 0 Å². The number of hydrogen-bond acceptors (Lipinski definition) is 4. The molecule has 0 fully saturated rings. The minimum atomic E-state index is -4.58. The average Bonchev–Trinajstić information content (AvgIpc) is 2.30. The van der Waals surface area contributed by atoms with Crippen LogP contribution in [0.15, 0.2) is 5.38 Å². The van der Waals surface area contributed by atoms with E-state index in [1.165, 1.54) is 0 Å². The lowest BCUT2D eigenvalue weighted by Gasteiger charge is -1.99. The van der Waals surface area contributed by atoms with Crippen LogP contribution >= 0.6 is 11.3 Å². The van der Waals surface area contributed by atoms with Gasteiger partial charge in [0.2, 0.25) is 0 Å². The van der Waals surface area contributed by atoms with E-state index in [4.69, 9.17) is 0 Å². The van der Waals surface area contributed by atoms with Crippen molar-refractivity contribution in [3.8, 4) is 0 Å². The molecule has 12 heavy (non-hydrogen) atoms. The number of halogens is 3. The highest BCUT2D eigenvalue weighted by Crippen LogP contribution is 2.31. The van der Waals surface area contributed by atoms with Crippen LogP contribution in [-0.2, 0) is 6.18 Å². The molecule has 0 amide bonds. The van der Waals surface area contributed by atoms with Gasteiger partial charge in [-0.1, -0.05) is 0 Å². The molecule has 66 valence electrons. The Morgan fingerprint density at radius 2 is 2.17 bits per heavy atom. The van der Waals surface area contributed by atoms with Crippen LogP contribution in [-0.4, -0.2) is 11.0 Å². The largest absolute Gasteiger partial charge is 0.543 e. The number of aromatic nitrogens is 1. The highest BCUT2D eigenvalue weighted by molar-refractivity contribution is 7.09. The summed E-state index contributed by atoms with van der Waals surface area (Å²) >= 11 is 0.228. The molecule has 0 saturated heterocycles. The maximum atomic E-state index is 11.8. The second kappa shape index (κ2) is 2.74. The Balaban J connectivity index is 3.00. The predicted octanol–water partition coefficient (Wildman–Crippen LogP) is 0.525. The summed E-state index contributed by atoms with van der Waals surface area (Å²) in [5.74, 6) is -1.71. The first-order chi connectivity index (χ1) is 5.41. The van der Waals surface area contributed by atoms with E-state index in [9.17, 15) is 23.1 Å². The Morgan fingerprint density at radius 1 is 1.58 bits per heavy atom. The summed E-state index contributed by atoms with van der Waals surface area (Å²) in [5, 5.41) is 9.62. The van der Waals surface area contributed by atoms with E-state index in [0.717, 1.165) is 5.38 Å². The van der Waals surface area contributed by atoms with Crippen LogP contribution in [0.25, 0.3) is 0 Å². The van der Waals surface area contributed by atoms with Crippen LogP contribution in [0.5, 0.6) is 0 Å². The molecule has 0 aliphatic carbocycles. The van der Waals surface area contributed by atoms with Gasteiger partial charge in [-0.3, -0.25) is 0 Å². The smallest absolute Gasteiger partial charge is 0.443 e. The summed E-state index contributed by atoms with van der Waals surface area (Å²) in [5.41, 5.74) is -0.688. The predicted molar refractivity (Wildman–Crippen MR) is 31.4 cm³/mol. The molecule has 1 heterocycles. The summed E-state index contributed by atoms with van der Waals surface area (Å²) in [6, 6.07) is 0. The summed E-state index contributed by atoms with van der Waals surface area (Å²) in [7, 11) is 0. The van der Waals surface area contributed by atoms with E-state index in [1.807, 2.05) is 0 Å². The molecular weight excluding hydrogens is 195 g/mol. The van der Waals surface area contributed by atoms with Gasteiger partial charge in [0.1, 0.15) is 0 Å². The molecule has 0 atom stereocenters. The van der Waals surface area contributed by atoms with Gasteiger partial charge in [0.25, 0.3) is 0 Å². The minimum Gasteiger partial charge on any atom is -0.543 e. The molecule has 1 aromatic heterocycles. The van der Waals surface area contributed by atoms with Gasteiger partial charge < -0.3 is 9.90 Å². The Bertz CT molecular complexity index is 306. The molecule has 0 unspecified atom stereocenters. The third kappa shape index (κ3) is 1.73. The molecule has 0 spiro atoms. The third-order valence-electron chi connectivity index (χ3n) is 0.956. The second-order valence-corrected chi connectivity index (χ2v) is 2.68. The van der Waals surface area contributed by atoms with Crippen molar-refractivity contribution in [3.63, 3.8) is 0 Å². The first kappa shape index (κ1) is 8.98. The van der Waals surface area contributed by atoms with Crippen LogP contribution < -0.4 is 5.11 Å². The fourth-order valence-electron chi connectivity index (χ4n) is 0.498. The van der Waals surface area contributed by atoms with E-state index in [0.29, 0.717) is 0 Å². The van der Waals surface area contributed by atoms with Crippen molar-refractivity contribution in [2.75, 3.05) is 0 Å². The number of thiazole rings is 1. The Morgan fingerprint density at radius 3 is 2.42 bits per heavy atom. The van der Waals surface area contributed by atoms with Crippen LogP contribution in [0.2, 0.25) is 0 Å². The monoisotopic (exact) mass is 196 g/mol. The van der Waals surface area contributed by atoms with Gasteiger partial charge in [0.05, 0.1) is 11.7 Å². The lowest BCUT2D eigenvalue weighted by atomic mass is 10.5. The van der Waals surface area contributed by atoms with Gasteiger partial charge in [0.15, 0.2) is 5.01 Å². The number of rotatable bonds is 1. The van der Waals surface area contributed by atoms with Gasteiger partial charge in [-0.25, -0.2) is 4.98 Å². The molecule has 0 radical (unpaired) electrons. The zero-order chi connectivity index (χ0) is 9.35. The van der Waals surface area contributed by atoms with Crippen molar-refractivity contribution < 1.29 is 23.1 Å². The normalized spacial score (nSPS) is 11.6. The van der Waals surface area contributed by atoms with Crippen LogP contribution in [0.3, 0.4) is 0 Å². The number of carboxylic acids is 1. The summed E-state index contributed by atoms with van der Waals surface area (Å²) in [4.78, 5) is 12.8. The zero-order valence-electron chi connectivity index (χ0n) is 5.38. The molecule has 0 N–H and O–H groups in total. The maximum Gasteiger partial charge on any atom is 0.443 e. The SMILES string of the molecule is O=C([O-])c1csc(C(F)(F)F)n1. The number of carboxylic acid groups (broad SMARTS) is 1. The molecule has 0 aliphatic rings. The Kier molecular flexibility index (Phi) is 2.05. The summed E-state index contributed by atoms with van der Waals surface area (Å²) in [6.07, 6.45) is -4.58. The molecule has 0 aromatic carbocycles. The fourth-order valence-corrected chi connectivity index (χ4v) is 1.15. The number of aromatic carboxylic acids is 1. The Labute approximate surface area is 68.5 Å². The molecule has 7 heteroatoms. The summed E-state index contributed by atoms with van der Waals surface area (Å²) in [6.45, 7) is 0. The topological polar surface area (TPSA) is 53.0 Å². The van der Waals surface area contributed by atoms with Crippen molar-refractivity contribution in [1.82, 2.24) is 4.98 Å². The van der Waals surface area contributed by atoms with Crippen molar-refractivity contribution >= 4 is 17.3 Å². The number of hydrogen-bond donors (Lipinski definition) is 0. The first-order valence-corrected chi connectivity index (χ1v) is 3.53. The average molecular weight is 196 g/mol. The van der Waals surface area contributed by atoms with Gasteiger partial charge in [-0.15, -0.1) is 11.3 Å². The second-order valence-electron chi connectivity index (χ2n) is 1.82. The lowest BCUT2D eigenvalue weighted by molar-refractivity contribution is -0.255. The van der Waals surface area contributed by atoms with E-state index in [1.54, 1.807) is 0 Å². The van der Waals surface area contributed by atoms with E-state index < -0.39 is 22.8 Å². The number of carbonyl (C=O) groups is 1. The molecule has 0 aliphatic heterocycles. The molecule has 1 rings (SSSR count). The molecule has 0 saturated carbocycles. The summed E-state index contributed by atoms with van der Waals surface area (Å²) < 4.78 is 35.4. The lowest BCUT2D eigenvalue weighted by Crippen LogP contribution is -2.22. The van der Waals surface area contributed by atoms with Gasteiger partial charge >= 0.3 is 6.18 Å². The molecular formula is C5HF3NO2S-. The maximum absolute atomic E-state index is 11.8. The molecule has 1 aromatic rings. The van der Waals surface area contributed by atoms with E-state index in [2.05, 4.69) is 4.98 Å². The van der Waals surface area contributed by atoms with Gasteiger partial charge in [-0.05, 0) is 0 Å². The van der Waals surface area contributed by atoms with Crippen molar-refractivity contribution in [2.45, 2.75) is 6.18 Å². The van der Waals surface area contributed by atoms with E-state index >= 15 is 0 Å². The van der Waals surface area contributed by atoms with Gasteiger partial charge in [-0.2, -0.15) is 13.2 Å². The number of nitrogens with zero attached hydrogens (tertiary/aromatic N) is 1. The number of alkyl halides is 3. The van der Waals surface area contributed by atoms with Crippen molar-refractivity contribution in [3.05, 3.63) is 16.1 Å². The number of carbonyl (C=O) groups excluding carboxylic acids is 1. The van der Waals surface area contributed by atoms with Crippen LogP contribution in [0.4, 0.5) is 13.2 Å². The zero-order valence-corrected chi connectivity index (χ0v) is 6.20. The highest BCUT2D eigenvalue weighted by Gasteiger charge is 2.34. The molecule has 3 nitrogen and oxygen atoms in total. The standard InChI is InChI=1S/C5H2F3NO2S/c6-5(7,8)4-9-2(1-12-4)3(10)11/h1H,(H,10,11)/p-1. The minimum absolute atomic E-state index is 0.228. The first-order valence-electron chi connectivity index (χ1n) is 2.65. The Hall–Kier alpha value is -1.11. The van der Waals surface area contributed by atoms with Gasteiger partial charge in [0, 0.05) is 5.38 Å².